The van der Waals surface area contributed by atoms with E-state index in [-0.39, 0.29) is 6.03 Å². The normalized spacial score (nSPS) is 24.1. The Bertz CT molecular complexity index is 473. The van der Waals surface area contributed by atoms with Gasteiger partial charge in [0.2, 0.25) is 5.13 Å². The quantitative estimate of drug-likeness (QED) is 0.877. The van der Waals surface area contributed by atoms with E-state index in [1.165, 1.54) is 43.4 Å². The molecule has 3 rings (SSSR count). The first kappa shape index (κ1) is 13.8. The van der Waals surface area contributed by atoms with Crippen molar-refractivity contribution < 1.29 is 9.90 Å². The maximum absolute atomic E-state index is 12.0. The third-order valence-electron chi connectivity index (χ3n) is 4.06. The zero-order valence-electron chi connectivity index (χ0n) is 11.4. The molecule has 1 atom stereocenters. The third kappa shape index (κ3) is 3.09. The fourth-order valence-electron chi connectivity index (χ4n) is 2.90. The molecule has 110 valence electrons. The number of likely N-dealkylation sites (tertiary alicyclic amines) is 1. The van der Waals surface area contributed by atoms with E-state index in [1.807, 2.05) is 0 Å². The number of nitrogens with zero attached hydrogens (tertiary/aromatic N) is 3. The monoisotopic (exact) mass is 296 g/mol. The summed E-state index contributed by atoms with van der Waals surface area (Å²) in [6.45, 7) is 1.00. The van der Waals surface area contributed by atoms with Crippen molar-refractivity contribution in [1.82, 2.24) is 15.1 Å². The van der Waals surface area contributed by atoms with Gasteiger partial charge < -0.3 is 10.0 Å². The number of carbonyl (C=O) groups excluding carboxylic acids is 1. The van der Waals surface area contributed by atoms with Crippen LogP contribution in [0.1, 0.15) is 49.5 Å². The molecule has 0 bridgehead atoms. The number of nitrogens with one attached hydrogen (secondary N) is 1. The van der Waals surface area contributed by atoms with Crippen LogP contribution in [0.3, 0.4) is 0 Å². The van der Waals surface area contributed by atoms with Crippen LogP contribution in [0, 0.1) is 0 Å². The van der Waals surface area contributed by atoms with Gasteiger partial charge in [0, 0.05) is 19.0 Å². The Morgan fingerprint density at radius 2 is 2.05 bits per heavy atom. The predicted molar refractivity (Wildman–Crippen MR) is 77.0 cm³/mol. The molecule has 1 saturated carbocycles. The lowest BCUT2D eigenvalue weighted by atomic mass is 9.90. The van der Waals surface area contributed by atoms with Crippen LogP contribution in [0.4, 0.5) is 9.93 Å². The number of aromatic nitrogens is 2. The highest BCUT2D eigenvalue weighted by Crippen LogP contribution is 2.35. The van der Waals surface area contributed by atoms with Gasteiger partial charge in [-0.3, -0.25) is 5.32 Å². The Morgan fingerprint density at radius 3 is 2.75 bits per heavy atom. The van der Waals surface area contributed by atoms with Crippen LogP contribution in [0.25, 0.3) is 0 Å². The number of aliphatic hydroxyl groups excluding tert-OH is 1. The van der Waals surface area contributed by atoms with Crippen molar-refractivity contribution in [3.63, 3.8) is 0 Å². The number of hydrogen-bond acceptors (Lipinski definition) is 5. The van der Waals surface area contributed by atoms with Crippen LogP contribution >= 0.6 is 11.3 Å². The van der Waals surface area contributed by atoms with E-state index < -0.39 is 6.10 Å². The fraction of sp³-hybridized carbons (Fsp3) is 0.769. The number of rotatable bonds is 2. The summed E-state index contributed by atoms with van der Waals surface area (Å²) in [6, 6.07) is -0.187. The second kappa shape index (κ2) is 6.05. The van der Waals surface area contributed by atoms with Gasteiger partial charge in [0.15, 0.2) is 0 Å². The Morgan fingerprint density at radius 1 is 1.25 bits per heavy atom. The Kier molecular flexibility index (Phi) is 4.16. The molecule has 6 nitrogen and oxygen atoms in total. The van der Waals surface area contributed by atoms with Crippen LogP contribution < -0.4 is 5.32 Å². The van der Waals surface area contributed by atoms with Crippen molar-refractivity contribution >= 4 is 22.5 Å². The number of carbonyl (C=O) groups is 1. The van der Waals surface area contributed by atoms with Crippen LogP contribution in [0.15, 0.2) is 0 Å². The predicted octanol–water partition coefficient (Wildman–Crippen LogP) is 2.18. The van der Waals surface area contributed by atoms with Crippen LogP contribution in [0.2, 0.25) is 0 Å². The molecule has 2 aliphatic rings. The largest absolute Gasteiger partial charge is 0.391 e. The van der Waals surface area contributed by atoms with Crippen LogP contribution in [0.5, 0.6) is 0 Å². The molecule has 0 spiro atoms. The lowest BCUT2D eigenvalue weighted by molar-refractivity contribution is 0.176. The lowest BCUT2D eigenvalue weighted by Gasteiger charge is -2.18. The first-order valence-electron chi connectivity index (χ1n) is 7.30. The molecule has 2 fully saturated rings. The topological polar surface area (TPSA) is 78.4 Å². The van der Waals surface area contributed by atoms with Crippen molar-refractivity contribution in [3.05, 3.63) is 5.01 Å². The molecule has 2 heterocycles. The number of β-amino-alcohol motifs (C(OH)–C–C–N with tert-alkyl or cyclic N) is 1. The summed E-state index contributed by atoms with van der Waals surface area (Å²) in [6.07, 6.45) is 6.46. The molecule has 0 aromatic carbocycles. The lowest BCUT2D eigenvalue weighted by Crippen LogP contribution is -2.33. The van der Waals surface area contributed by atoms with Crippen molar-refractivity contribution in [3.8, 4) is 0 Å². The van der Waals surface area contributed by atoms with Gasteiger partial charge in [0.05, 0.1) is 6.10 Å². The van der Waals surface area contributed by atoms with Crippen LogP contribution in [-0.2, 0) is 0 Å². The van der Waals surface area contributed by atoms with Gasteiger partial charge >= 0.3 is 6.03 Å². The van der Waals surface area contributed by atoms with E-state index in [9.17, 15) is 9.90 Å². The summed E-state index contributed by atoms with van der Waals surface area (Å²) in [4.78, 5) is 13.6. The second-order valence-electron chi connectivity index (χ2n) is 5.60. The number of hydrogen-bond donors (Lipinski definition) is 2. The summed E-state index contributed by atoms with van der Waals surface area (Å²) in [5.74, 6) is 0.514. The molecule has 1 aromatic heterocycles. The van der Waals surface area contributed by atoms with Gasteiger partial charge in [0.1, 0.15) is 5.01 Å². The van der Waals surface area contributed by atoms with E-state index >= 15 is 0 Å². The van der Waals surface area contributed by atoms with E-state index in [1.54, 1.807) is 4.90 Å². The molecule has 2 amide bonds. The standard InChI is InChI=1S/C13H20N4O2S/c18-10-6-7-17(8-10)13(19)14-12-16-15-11(20-12)9-4-2-1-3-5-9/h9-10,18H,1-8H2,(H,14,16,19)/t10-/m0/s1. The van der Waals surface area contributed by atoms with Gasteiger partial charge in [-0.25, -0.2) is 4.79 Å². The highest BCUT2D eigenvalue weighted by Gasteiger charge is 2.26. The molecule has 7 heteroatoms. The Labute approximate surface area is 122 Å². The smallest absolute Gasteiger partial charge is 0.323 e. The molecule has 2 N–H and O–H groups in total. The summed E-state index contributed by atoms with van der Waals surface area (Å²) in [5.41, 5.74) is 0. The average Bonchev–Trinajstić information content (AvgIpc) is 3.09. The van der Waals surface area contributed by atoms with E-state index in [0.29, 0.717) is 30.6 Å². The third-order valence-corrected chi connectivity index (χ3v) is 5.06. The highest BCUT2D eigenvalue weighted by atomic mass is 32.1. The first-order chi connectivity index (χ1) is 9.72. The summed E-state index contributed by atoms with van der Waals surface area (Å²) >= 11 is 1.48. The minimum absolute atomic E-state index is 0.187. The molecule has 1 aliphatic heterocycles. The van der Waals surface area contributed by atoms with Gasteiger partial charge in [-0.2, -0.15) is 0 Å². The Balaban J connectivity index is 1.58. The average molecular weight is 296 g/mol. The zero-order chi connectivity index (χ0) is 13.9. The van der Waals surface area contributed by atoms with Gasteiger partial charge in [-0.15, -0.1) is 10.2 Å². The molecule has 1 aromatic rings. The fourth-order valence-corrected chi connectivity index (χ4v) is 3.80. The maximum Gasteiger partial charge on any atom is 0.323 e. The Hall–Kier alpha value is -1.21. The minimum atomic E-state index is -0.395. The molecular formula is C13H20N4O2S. The minimum Gasteiger partial charge on any atom is -0.391 e. The van der Waals surface area contributed by atoms with E-state index in [0.717, 1.165) is 5.01 Å². The van der Waals surface area contributed by atoms with E-state index in [4.69, 9.17) is 0 Å². The second-order valence-corrected chi connectivity index (χ2v) is 6.61. The van der Waals surface area contributed by atoms with Gasteiger partial charge in [-0.1, -0.05) is 30.6 Å². The van der Waals surface area contributed by atoms with Crippen LogP contribution in [-0.4, -0.2) is 45.4 Å². The number of urea groups is 1. The van der Waals surface area contributed by atoms with Crippen molar-refractivity contribution in [2.45, 2.75) is 50.5 Å². The van der Waals surface area contributed by atoms with Gasteiger partial charge in [0.25, 0.3) is 0 Å². The zero-order valence-corrected chi connectivity index (χ0v) is 12.2. The highest BCUT2D eigenvalue weighted by molar-refractivity contribution is 7.15. The SMILES string of the molecule is O=C(Nc1nnc(C2CCCCC2)s1)N1CC[C@H](O)C1. The van der Waals surface area contributed by atoms with Crippen molar-refractivity contribution in [2.24, 2.45) is 0 Å². The van der Waals surface area contributed by atoms with Gasteiger partial charge in [-0.05, 0) is 19.3 Å². The molecule has 20 heavy (non-hydrogen) atoms. The molecular weight excluding hydrogens is 276 g/mol. The molecule has 0 unspecified atom stereocenters. The summed E-state index contributed by atoms with van der Waals surface area (Å²) in [7, 11) is 0. The first-order valence-corrected chi connectivity index (χ1v) is 8.11. The molecule has 1 aliphatic carbocycles. The summed E-state index contributed by atoms with van der Waals surface area (Å²) < 4.78 is 0. The van der Waals surface area contributed by atoms with E-state index in [2.05, 4.69) is 15.5 Å². The summed E-state index contributed by atoms with van der Waals surface area (Å²) in [5, 5.41) is 22.1. The maximum atomic E-state index is 12.0. The number of anilines is 1. The molecule has 1 saturated heterocycles. The number of amides is 2. The van der Waals surface area contributed by atoms with Crippen molar-refractivity contribution in [2.75, 3.05) is 18.4 Å². The molecule has 0 radical (unpaired) electrons. The van der Waals surface area contributed by atoms with Crippen molar-refractivity contribution in [1.29, 1.82) is 0 Å². The number of aliphatic hydroxyl groups is 1.